The van der Waals surface area contributed by atoms with E-state index in [-0.39, 0.29) is 32.4 Å². The monoisotopic (exact) mass is 462 g/mol. The topological polar surface area (TPSA) is 137 Å². The number of hydrogen-bond acceptors (Lipinski definition) is 7. The van der Waals surface area contributed by atoms with Gasteiger partial charge in [0.05, 0.1) is 0 Å². The molecule has 1 saturated heterocycles. The summed E-state index contributed by atoms with van der Waals surface area (Å²) in [6.45, 7) is 6.39. The number of hydroxylamine groups is 1. The minimum Gasteiger partial charge on any atom is -0.444 e. The van der Waals surface area contributed by atoms with E-state index in [0.717, 1.165) is 4.90 Å². The van der Waals surface area contributed by atoms with E-state index in [1.165, 1.54) is 7.05 Å². The first-order valence-electron chi connectivity index (χ1n) is 10.9. The summed E-state index contributed by atoms with van der Waals surface area (Å²) in [5, 5.41) is 14.9. The molecule has 1 aliphatic rings. The molecule has 4 N–H and O–H groups in total. The van der Waals surface area contributed by atoms with Crippen LogP contribution in [0.1, 0.15) is 46.1 Å². The molecular formula is C23H34N4O6. The molecule has 10 heteroatoms. The van der Waals surface area contributed by atoms with Gasteiger partial charge in [0.15, 0.2) is 0 Å². The Hall–Kier alpha value is -2.98. The van der Waals surface area contributed by atoms with Crippen LogP contribution in [0.4, 0.5) is 4.79 Å². The van der Waals surface area contributed by atoms with E-state index >= 15 is 0 Å². The van der Waals surface area contributed by atoms with Gasteiger partial charge in [-0.2, -0.15) is 0 Å². The van der Waals surface area contributed by atoms with E-state index in [4.69, 9.17) is 4.74 Å². The minimum atomic E-state index is -1.75. The lowest BCUT2D eigenvalue weighted by molar-refractivity contribution is -0.163. The summed E-state index contributed by atoms with van der Waals surface area (Å²) in [6.07, 6.45) is -0.779. The standard InChI is InChI=1S/C23H34N4O6/c1-21(2,3)33-20(31)25-14-22(4,15-26-32)23(19(30)24-5,13-16-9-7-6-8-10-16)27-17(28)11-12-18(27)29/h6-10,26,32H,11-15H2,1-5H3,(H,24,30)(H,25,31)/t22-,23+/m1/s1. The van der Waals surface area contributed by atoms with Crippen molar-refractivity contribution in [1.29, 1.82) is 0 Å². The predicted octanol–water partition coefficient (Wildman–Crippen LogP) is 1.37. The molecule has 10 nitrogen and oxygen atoms in total. The highest BCUT2D eigenvalue weighted by molar-refractivity contribution is 6.07. The first kappa shape index (κ1) is 26.3. The lowest BCUT2D eigenvalue weighted by Crippen LogP contribution is -2.73. The van der Waals surface area contributed by atoms with E-state index in [1.54, 1.807) is 52.0 Å². The fraction of sp³-hybridized carbons (Fsp3) is 0.565. The summed E-state index contributed by atoms with van der Waals surface area (Å²) >= 11 is 0. The third-order valence-electron chi connectivity index (χ3n) is 5.83. The van der Waals surface area contributed by atoms with Crippen LogP contribution in [0.5, 0.6) is 0 Å². The number of likely N-dealkylation sites (tertiary alicyclic amines) is 1. The highest BCUT2D eigenvalue weighted by Gasteiger charge is 2.61. The molecule has 1 aliphatic heterocycles. The zero-order valence-electron chi connectivity index (χ0n) is 19.9. The second kappa shape index (κ2) is 10.3. The predicted molar refractivity (Wildman–Crippen MR) is 120 cm³/mol. The molecular weight excluding hydrogens is 428 g/mol. The molecule has 0 unspecified atom stereocenters. The van der Waals surface area contributed by atoms with Crippen LogP contribution in [0, 0.1) is 5.41 Å². The Morgan fingerprint density at radius 2 is 1.61 bits per heavy atom. The molecule has 4 amide bonds. The minimum absolute atomic E-state index is 0.0147. The number of hydrogen-bond donors (Lipinski definition) is 4. The number of alkyl carbamates (subject to hydrolysis) is 1. The van der Waals surface area contributed by atoms with Crippen molar-refractivity contribution in [2.45, 2.75) is 58.1 Å². The number of ether oxygens (including phenoxy) is 1. The maximum atomic E-state index is 13.6. The van der Waals surface area contributed by atoms with Gasteiger partial charge < -0.3 is 20.6 Å². The Morgan fingerprint density at radius 1 is 1.03 bits per heavy atom. The number of amides is 4. The number of nitrogens with zero attached hydrogens (tertiary/aromatic N) is 1. The maximum absolute atomic E-state index is 13.6. The molecule has 0 saturated carbocycles. The zero-order valence-corrected chi connectivity index (χ0v) is 19.9. The van der Waals surface area contributed by atoms with E-state index in [1.807, 2.05) is 6.07 Å². The smallest absolute Gasteiger partial charge is 0.407 e. The molecule has 1 aromatic rings. The van der Waals surface area contributed by atoms with Crippen molar-refractivity contribution in [3.63, 3.8) is 0 Å². The van der Waals surface area contributed by atoms with Crippen molar-refractivity contribution in [3.05, 3.63) is 35.9 Å². The Labute approximate surface area is 194 Å². The van der Waals surface area contributed by atoms with Crippen LogP contribution in [0.3, 0.4) is 0 Å². The first-order chi connectivity index (χ1) is 15.4. The van der Waals surface area contributed by atoms with Gasteiger partial charge in [0.1, 0.15) is 11.1 Å². The van der Waals surface area contributed by atoms with Crippen LogP contribution in [0.2, 0.25) is 0 Å². The molecule has 0 aromatic heterocycles. The summed E-state index contributed by atoms with van der Waals surface area (Å²) in [7, 11) is 1.42. The Kier molecular flexibility index (Phi) is 8.20. The van der Waals surface area contributed by atoms with Crippen molar-refractivity contribution < 1.29 is 29.1 Å². The summed E-state index contributed by atoms with van der Waals surface area (Å²) < 4.78 is 5.32. The molecule has 33 heavy (non-hydrogen) atoms. The van der Waals surface area contributed by atoms with Gasteiger partial charge in [-0.05, 0) is 26.3 Å². The summed E-state index contributed by atoms with van der Waals surface area (Å²) in [5.41, 5.74) is -1.05. The van der Waals surface area contributed by atoms with Gasteiger partial charge in [-0.1, -0.05) is 37.3 Å². The van der Waals surface area contributed by atoms with E-state index in [2.05, 4.69) is 16.1 Å². The number of likely N-dealkylation sites (N-methyl/N-ethyl adjacent to an activating group) is 1. The quantitative estimate of drug-likeness (QED) is 0.321. The van der Waals surface area contributed by atoms with Crippen LogP contribution in [0.15, 0.2) is 30.3 Å². The molecule has 1 aromatic carbocycles. The third-order valence-corrected chi connectivity index (χ3v) is 5.83. The average molecular weight is 463 g/mol. The van der Waals surface area contributed by atoms with Crippen molar-refractivity contribution in [2.75, 3.05) is 20.1 Å². The molecule has 0 aliphatic carbocycles. The molecule has 0 spiro atoms. The number of nitrogens with one attached hydrogen (secondary N) is 3. The largest absolute Gasteiger partial charge is 0.444 e. The van der Waals surface area contributed by atoms with Crippen molar-refractivity contribution in [2.24, 2.45) is 5.41 Å². The summed E-state index contributed by atoms with van der Waals surface area (Å²) in [6, 6.07) is 8.97. The first-order valence-corrected chi connectivity index (χ1v) is 10.9. The van der Waals surface area contributed by atoms with Gasteiger partial charge in [0, 0.05) is 44.8 Å². The molecule has 0 radical (unpaired) electrons. The van der Waals surface area contributed by atoms with Gasteiger partial charge in [0.2, 0.25) is 17.7 Å². The normalized spacial score (nSPS) is 17.8. The fourth-order valence-electron chi connectivity index (χ4n) is 4.23. The second-order valence-corrected chi connectivity index (χ2v) is 9.48. The van der Waals surface area contributed by atoms with Gasteiger partial charge in [0.25, 0.3) is 0 Å². The summed E-state index contributed by atoms with van der Waals surface area (Å²) in [5.74, 6) is -1.55. The van der Waals surface area contributed by atoms with Crippen LogP contribution < -0.4 is 16.1 Å². The highest BCUT2D eigenvalue weighted by atomic mass is 16.6. The molecule has 2 rings (SSSR count). The van der Waals surface area contributed by atoms with Crippen LogP contribution >= 0.6 is 0 Å². The Morgan fingerprint density at radius 3 is 2.09 bits per heavy atom. The van der Waals surface area contributed by atoms with Gasteiger partial charge in [-0.25, -0.2) is 10.3 Å². The summed E-state index contributed by atoms with van der Waals surface area (Å²) in [4.78, 5) is 52.9. The van der Waals surface area contributed by atoms with Crippen molar-refractivity contribution in [1.82, 2.24) is 21.0 Å². The third kappa shape index (κ3) is 5.69. The number of rotatable bonds is 9. The second-order valence-electron chi connectivity index (χ2n) is 9.48. The highest BCUT2D eigenvalue weighted by Crippen LogP contribution is 2.42. The number of benzene rings is 1. The number of imide groups is 1. The molecule has 0 bridgehead atoms. The van der Waals surface area contributed by atoms with Crippen molar-refractivity contribution in [3.8, 4) is 0 Å². The molecule has 1 fully saturated rings. The van der Waals surface area contributed by atoms with Gasteiger partial charge in [-0.3, -0.25) is 19.3 Å². The zero-order chi connectivity index (χ0) is 24.9. The SMILES string of the molecule is CNC(=O)[C@](Cc1ccccc1)(N1C(=O)CCC1=O)[C@@](C)(CNO)CNC(=O)OC(C)(C)C. The maximum Gasteiger partial charge on any atom is 0.407 e. The number of carbonyl (C=O) groups excluding carboxylic acids is 4. The Balaban J connectivity index is 2.64. The van der Waals surface area contributed by atoms with Crippen LogP contribution in [-0.2, 0) is 25.5 Å². The van der Waals surface area contributed by atoms with Crippen LogP contribution in [0.25, 0.3) is 0 Å². The Bertz CT molecular complexity index is 869. The lowest BCUT2D eigenvalue weighted by Gasteiger charge is -2.51. The fourth-order valence-corrected chi connectivity index (χ4v) is 4.23. The van der Waals surface area contributed by atoms with Gasteiger partial charge >= 0.3 is 6.09 Å². The number of carbonyl (C=O) groups is 4. The molecule has 2 atom stereocenters. The van der Waals surface area contributed by atoms with Crippen molar-refractivity contribution >= 4 is 23.8 Å². The van der Waals surface area contributed by atoms with E-state index in [0.29, 0.717) is 5.56 Å². The van der Waals surface area contributed by atoms with Crippen LogP contribution in [-0.4, -0.2) is 65.2 Å². The van der Waals surface area contributed by atoms with E-state index < -0.39 is 40.4 Å². The van der Waals surface area contributed by atoms with E-state index in [9.17, 15) is 24.4 Å². The average Bonchev–Trinajstić information content (AvgIpc) is 3.08. The molecule has 182 valence electrons. The lowest BCUT2D eigenvalue weighted by atomic mass is 9.65. The molecule has 1 heterocycles. The van der Waals surface area contributed by atoms with Gasteiger partial charge in [-0.15, -0.1) is 0 Å².